The van der Waals surface area contributed by atoms with Crippen molar-refractivity contribution in [2.75, 3.05) is 13.2 Å². The predicted octanol–water partition coefficient (Wildman–Crippen LogP) is 2.26. The molecule has 0 aliphatic carbocycles. The van der Waals surface area contributed by atoms with E-state index in [1.165, 1.54) is 6.08 Å². The van der Waals surface area contributed by atoms with Crippen LogP contribution >= 0.6 is 0 Å². The van der Waals surface area contributed by atoms with Gasteiger partial charge in [0.25, 0.3) is 0 Å². The van der Waals surface area contributed by atoms with Crippen LogP contribution in [-0.4, -0.2) is 24.3 Å². The first-order chi connectivity index (χ1) is 9.13. The number of nitriles is 1. The second-order valence-electron chi connectivity index (χ2n) is 3.52. The summed E-state index contributed by atoms with van der Waals surface area (Å²) in [5.41, 5.74) is 0.154. The second kappa shape index (κ2) is 7.07. The van der Waals surface area contributed by atoms with E-state index in [0.29, 0.717) is 17.9 Å². The average molecular weight is 261 g/mol. The third-order valence-corrected chi connectivity index (χ3v) is 2.25. The number of ether oxygens (including phenoxy) is 2. The Kier molecular flexibility index (Phi) is 5.42. The summed E-state index contributed by atoms with van der Waals surface area (Å²) in [5.74, 6) is -0.523. The van der Waals surface area contributed by atoms with Gasteiger partial charge < -0.3 is 14.6 Å². The first-order valence-electron chi connectivity index (χ1n) is 5.87. The fourth-order valence-corrected chi connectivity index (χ4v) is 1.43. The van der Waals surface area contributed by atoms with Crippen LogP contribution in [0.15, 0.2) is 23.8 Å². The van der Waals surface area contributed by atoms with E-state index in [0.717, 1.165) is 0 Å². The van der Waals surface area contributed by atoms with Crippen molar-refractivity contribution < 1.29 is 19.4 Å². The largest absolute Gasteiger partial charge is 0.504 e. The number of rotatable bonds is 5. The van der Waals surface area contributed by atoms with Crippen molar-refractivity contribution in [3.8, 4) is 17.6 Å². The summed E-state index contributed by atoms with van der Waals surface area (Å²) in [5, 5.41) is 18.9. The van der Waals surface area contributed by atoms with Gasteiger partial charge in [-0.15, -0.1) is 0 Å². The number of phenols is 1. The van der Waals surface area contributed by atoms with Gasteiger partial charge in [0.2, 0.25) is 0 Å². The smallest absolute Gasteiger partial charge is 0.348 e. The summed E-state index contributed by atoms with van der Waals surface area (Å²) in [7, 11) is 0. The molecule has 0 amide bonds. The zero-order valence-electron chi connectivity index (χ0n) is 10.8. The molecule has 1 rings (SSSR count). The number of esters is 1. The van der Waals surface area contributed by atoms with Crippen molar-refractivity contribution in [3.05, 3.63) is 29.3 Å². The SMILES string of the molecule is CCOC(=O)/C(C#N)=C/c1cccc(OCC)c1O. The molecule has 0 radical (unpaired) electrons. The van der Waals surface area contributed by atoms with Gasteiger partial charge in [0.1, 0.15) is 11.6 Å². The molecule has 1 aromatic carbocycles. The monoisotopic (exact) mass is 261 g/mol. The van der Waals surface area contributed by atoms with Gasteiger partial charge in [-0.2, -0.15) is 5.26 Å². The molecule has 100 valence electrons. The molecule has 0 fully saturated rings. The molecule has 0 aliphatic rings. The van der Waals surface area contributed by atoms with E-state index in [4.69, 9.17) is 14.7 Å². The Balaban J connectivity index is 3.12. The van der Waals surface area contributed by atoms with Gasteiger partial charge in [-0.1, -0.05) is 12.1 Å². The minimum absolute atomic E-state index is 0.110. The highest BCUT2D eigenvalue weighted by Gasteiger charge is 2.12. The van der Waals surface area contributed by atoms with E-state index in [2.05, 4.69) is 0 Å². The molecule has 19 heavy (non-hydrogen) atoms. The average Bonchev–Trinajstić information content (AvgIpc) is 2.40. The third-order valence-electron chi connectivity index (χ3n) is 2.25. The highest BCUT2D eigenvalue weighted by atomic mass is 16.5. The first kappa shape index (κ1) is 14.6. The summed E-state index contributed by atoms with van der Waals surface area (Å²) in [6, 6.07) is 6.59. The quantitative estimate of drug-likeness (QED) is 0.499. The van der Waals surface area contributed by atoms with Crippen LogP contribution in [0.4, 0.5) is 0 Å². The van der Waals surface area contributed by atoms with Gasteiger partial charge >= 0.3 is 5.97 Å². The lowest BCUT2D eigenvalue weighted by Gasteiger charge is -2.08. The summed E-state index contributed by atoms with van der Waals surface area (Å²) in [4.78, 5) is 11.5. The Labute approximate surface area is 111 Å². The predicted molar refractivity (Wildman–Crippen MR) is 69.5 cm³/mol. The van der Waals surface area contributed by atoms with E-state index in [1.807, 2.05) is 0 Å². The van der Waals surface area contributed by atoms with Crippen molar-refractivity contribution in [3.63, 3.8) is 0 Å². The molecule has 0 aliphatic heterocycles. The van der Waals surface area contributed by atoms with E-state index in [-0.39, 0.29) is 17.9 Å². The Morgan fingerprint density at radius 3 is 2.74 bits per heavy atom. The second-order valence-corrected chi connectivity index (χ2v) is 3.52. The maximum absolute atomic E-state index is 11.5. The Morgan fingerprint density at radius 2 is 2.16 bits per heavy atom. The van der Waals surface area contributed by atoms with Gasteiger partial charge in [0.15, 0.2) is 11.5 Å². The Morgan fingerprint density at radius 1 is 1.42 bits per heavy atom. The molecule has 0 saturated heterocycles. The van der Waals surface area contributed by atoms with Crippen LogP contribution in [0.2, 0.25) is 0 Å². The molecule has 0 aromatic heterocycles. The highest BCUT2D eigenvalue weighted by Crippen LogP contribution is 2.31. The van der Waals surface area contributed by atoms with Crippen molar-refractivity contribution in [1.29, 1.82) is 5.26 Å². The van der Waals surface area contributed by atoms with Crippen molar-refractivity contribution in [2.24, 2.45) is 0 Å². The van der Waals surface area contributed by atoms with Crippen molar-refractivity contribution >= 4 is 12.0 Å². The summed E-state index contributed by atoms with van der Waals surface area (Å²) in [6.45, 7) is 4.04. The number of carbonyl (C=O) groups excluding carboxylic acids is 1. The van der Waals surface area contributed by atoms with E-state index in [9.17, 15) is 9.90 Å². The molecule has 1 N–H and O–H groups in total. The lowest BCUT2D eigenvalue weighted by atomic mass is 10.1. The van der Waals surface area contributed by atoms with Crippen LogP contribution in [0, 0.1) is 11.3 Å². The highest BCUT2D eigenvalue weighted by molar-refractivity contribution is 5.98. The van der Waals surface area contributed by atoms with E-state index < -0.39 is 5.97 Å². The molecule has 5 nitrogen and oxygen atoms in total. The number of phenolic OH excluding ortho intramolecular Hbond substituents is 1. The zero-order valence-corrected chi connectivity index (χ0v) is 10.8. The van der Waals surface area contributed by atoms with Gasteiger partial charge in [0.05, 0.1) is 13.2 Å². The van der Waals surface area contributed by atoms with Gasteiger partial charge in [0, 0.05) is 5.56 Å². The first-order valence-corrected chi connectivity index (χ1v) is 5.87. The molecular weight excluding hydrogens is 246 g/mol. The lowest BCUT2D eigenvalue weighted by molar-refractivity contribution is -0.137. The van der Waals surface area contributed by atoms with E-state index in [1.54, 1.807) is 38.1 Å². The van der Waals surface area contributed by atoms with Gasteiger partial charge in [-0.25, -0.2) is 4.79 Å². The maximum atomic E-state index is 11.5. The molecule has 0 spiro atoms. The van der Waals surface area contributed by atoms with Crippen LogP contribution < -0.4 is 4.74 Å². The molecule has 0 saturated carbocycles. The summed E-state index contributed by atoms with van der Waals surface area (Å²) < 4.78 is 9.96. The number of carbonyl (C=O) groups is 1. The normalized spacial score (nSPS) is 10.7. The zero-order chi connectivity index (χ0) is 14.3. The molecular formula is C14H15NO4. The molecule has 0 atom stereocenters. The van der Waals surface area contributed by atoms with Crippen LogP contribution in [0.25, 0.3) is 6.08 Å². The Bertz CT molecular complexity index is 529. The van der Waals surface area contributed by atoms with Crippen LogP contribution in [0.1, 0.15) is 19.4 Å². The van der Waals surface area contributed by atoms with Crippen LogP contribution in [0.5, 0.6) is 11.5 Å². The maximum Gasteiger partial charge on any atom is 0.348 e. The van der Waals surface area contributed by atoms with Crippen LogP contribution in [0.3, 0.4) is 0 Å². The Hall–Kier alpha value is -2.48. The number of aromatic hydroxyl groups is 1. The fourth-order valence-electron chi connectivity index (χ4n) is 1.43. The molecule has 5 heteroatoms. The number of nitrogens with zero attached hydrogens (tertiary/aromatic N) is 1. The molecule has 1 aromatic rings. The standard InChI is InChI=1S/C14H15NO4/c1-3-18-12-7-5-6-10(13(12)16)8-11(9-15)14(17)19-4-2/h5-8,16H,3-4H2,1-2H3/b11-8+. The molecule has 0 unspecified atom stereocenters. The lowest BCUT2D eigenvalue weighted by Crippen LogP contribution is -2.06. The fraction of sp³-hybridized carbons (Fsp3) is 0.286. The van der Waals surface area contributed by atoms with E-state index >= 15 is 0 Å². The molecule has 0 bridgehead atoms. The summed E-state index contributed by atoms with van der Waals surface area (Å²) in [6.07, 6.45) is 1.27. The minimum Gasteiger partial charge on any atom is -0.504 e. The van der Waals surface area contributed by atoms with Gasteiger partial charge in [-0.3, -0.25) is 0 Å². The minimum atomic E-state index is -0.716. The topological polar surface area (TPSA) is 79.6 Å². The van der Waals surface area contributed by atoms with Crippen LogP contribution in [-0.2, 0) is 9.53 Å². The number of hydrogen-bond acceptors (Lipinski definition) is 5. The molecule has 0 heterocycles. The number of benzene rings is 1. The number of hydrogen-bond donors (Lipinski definition) is 1. The third kappa shape index (κ3) is 3.75. The number of para-hydroxylation sites is 1. The van der Waals surface area contributed by atoms with Crippen molar-refractivity contribution in [1.82, 2.24) is 0 Å². The van der Waals surface area contributed by atoms with Gasteiger partial charge in [-0.05, 0) is 26.0 Å². The summed E-state index contributed by atoms with van der Waals surface area (Å²) >= 11 is 0. The van der Waals surface area contributed by atoms with Crippen molar-refractivity contribution in [2.45, 2.75) is 13.8 Å².